The average Bonchev–Trinajstić information content (AvgIpc) is 3.11. The predicted octanol–water partition coefficient (Wildman–Crippen LogP) is 4.85. The molecule has 0 bridgehead atoms. The van der Waals surface area contributed by atoms with Crippen molar-refractivity contribution >= 4 is 35.0 Å². The highest BCUT2D eigenvalue weighted by atomic mass is 35.5. The van der Waals surface area contributed by atoms with Crippen molar-refractivity contribution in [2.75, 3.05) is 11.1 Å². The molecule has 6 heteroatoms. The van der Waals surface area contributed by atoms with Gasteiger partial charge in [0, 0.05) is 34.5 Å². The number of nitrogens with zero attached hydrogens (tertiary/aromatic N) is 1. The Bertz CT molecular complexity index is 821. The third-order valence-corrected chi connectivity index (χ3v) is 4.90. The fourth-order valence-corrected chi connectivity index (χ4v) is 3.41. The summed E-state index contributed by atoms with van der Waals surface area (Å²) in [4.78, 5) is 13.1. The molecule has 3 rings (SSSR count). The SMILES string of the molecule is O=C(CCSc1ccccc1Cl)Nc1cccc(-c2ccn[nH]2)c1. The summed E-state index contributed by atoms with van der Waals surface area (Å²) in [7, 11) is 0. The maximum absolute atomic E-state index is 12.1. The fourth-order valence-electron chi connectivity index (χ4n) is 2.22. The van der Waals surface area contributed by atoms with Crippen LogP contribution in [0.5, 0.6) is 0 Å². The van der Waals surface area contributed by atoms with Crippen molar-refractivity contribution in [2.45, 2.75) is 11.3 Å². The number of thioether (sulfide) groups is 1. The fraction of sp³-hybridized carbons (Fsp3) is 0.111. The zero-order chi connectivity index (χ0) is 16.8. The minimum Gasteiger partial charge on any atom is -0.326 e. The third-order valence-electron chi connectivity index (χ3n) is 3.38. The van der Waals surface area contributed by atoms with E-state index in [-0.39, 0.29) is 5.91 Å². The van der Waals surface area contributed by atoms with Gasteiger partial charge in [-0.25, -0.2) is 0 Å². The number of halogens is 1. The minimum atomic E-state index is -0.0173. The lowest BCUT2D eigenvalue weighted by Crippen LogP contribution is -2.12. The van der Waals surface area contributed by atoms with E-state index < -0.39 is 0 Å². The first-order chi connectivity index (χ1) is 11.7. The van der Waals surface area contributed by atoms with Gasteiger partial charge in [0.1, 0.15) is 0 Å². The molecule has 2 N–H and O–H groups in total. The molecule has 0 aliphatic heterocycles. The zero-order valence-electron chi connectivity index (χ0n) is 12.8. The number of hydrogen-bond donors (Lipinski definition) is 2. The van der Waals surface area contributed by atoms with Crippen LogP contribution >= 0.6 is 23.4 Å². The van der Waals surface area contributed by atoms with Gasteiger partial charge in [0.15, 0.2) is 0 Å². The van der Waals surface area contributed by atoms with Crippen LogP contribution < -0.4 is 5.32 Å². The lowest BCUT2D eigenvalue weighted by Gasteiger charge is -2.07. The van der Waals surface area contributed by atoms with Gasteiger partial charge in [0.05, 0.1) is 10.7 Å². The molecular formula is C18H16ClN3OS. The largest absolute Gasteiger partial charge is 0.326 e. The van der Waals surface area contributed by atoms with Crippen molar-refractivity contribution in [1.29, 1.82) is 0 Å². The second kappa shape index (κ2) is 8.04. The van der Waals surface area contributed by atoms with Gasteiger partial charge in [-0.1, -0.05) is 35.9 Å². The predicted molar refractivity (Wildman–Crippen MR) is 99.4 cm³/mol. The van der Waals surface area contributed by atoms with E-state index in [9.17, 15) is 4.79 Å². The van der Waals surface area contributed by atoms with Crippen molar-refractivity contribution in [3.8, 4) is 11.3 Å². The van der Waals surface area contributed by atoms with Crippen molar-refractivity contribution in [3.63, 3.8) is 0 Å². The Kier molecular flexibility index (Phi) is 5.56. The van der Waals surface area contributed by atoms with E-state index >= 15 is 0 Å². The Morgan fingerprint density at radius 3 is 2.83 bits per heavy atom. The lowest BCUT2D eigenvalue weighted by molar-refractivity contribution is -0.115. The number of carbonyl (C=O) groups is 1. The van der Waals surface area contributed by atoms with Gasteiger partial charge in [0.2, 0.25) is 5.91 Å². The Labute approximate surface area is 149 Å². The maximum atomic E-state index is 12.1. The Hall–Kier alpha value is -2.24. The number of H-pyrrole nitrogens is 1. The standard InChI is InChI=1S/C18H16ClN3OS/c19-15-6-1-2-7-17(15)24-11-9-18(23)21-14-5-3-4-13(12-14)16-8-10-20-22-16/h1-8,10,12H,9,11H2,(H,20,22)(H,21,23). The summed E-state index contributed by atoms with van der Waals surface area (Å²) >= 11 is 7.69. The van der Waals surface area contributed by atoms with Crippen LogP contribution in [-0.4, -0.2) is 21.9 Å². The highest BCUT2D eigenvalue weighted by Crippen LogP contribution is 2.27. The first-order valence-corrected chi connectivity index (χ1v) is 8.86. The zero-order valence-corrected chi connectivity index (χ0v) is 14.4. The summed E-state index contributed by atoms with van der Waals surface area (Å²) in [5.74, 6) is 0.659. The molecule has 1 amide bonds. The molecule has 0 radical (unpaired) electrons. The summed E-state index contributed by atoms with van der Waals surface area (Å²) in [6, 6.07) is 17.2. The average molecular weight is 358 g/mol. The van der Waals surface area contributed by atoms with E-state index in [0.29, 0.717) is 12.2 Å². The van der Waals surface area contributed by atoms with E-state index in [2.05, 4.69) is 15.5 Å². The summed E-state index contributed by atoms with van der Waals surface area (Å²) in [5.41, 5.74) is 2.67. The number of anilines is 1. The molecule has 0 fully saturated rings. The van der Waals surface area contributed by atoms with Crippen molar-refractivity contribution in [1.82, 2.24) is 10.2 Å². The van der Waals surface area contributed by atoms with Crippen LogP contribution in [0.3, 0.4) is 0 Å². The maximum Gasteiger partial charge on any atom is 0.225 e. The molecule has 0 saturated heterocycles. The van der Waals surface area contributed by atoms with Gasteiger partial charge in [-0.3, -0.25) is 9.89 Å². The Morgan fingerprint density at radius 1 is 1.17 bits per heavy atom. The van der Waals surface area contributed by atoms with Crippen LogP contribution in [0.15, 0.2) is 65.7 Å². The number of carbonyl (C=O) groups excluding carboxylic acids is 1. The van der Waals surface area contributed by atoms with Crippen molar-refractivity contribution < 1.29 is 4.79 Å². The number of aromatic amines is 1. The summed E-state index contributed by atoms with van der Waals surface area (Å²) in [6.07, 6.45) is 2.12. The number of nitrogens with one attached hydrogen (secondary N) is 2. The van der Waals surface area contributed by atoms with E-state index in [0.717, 1.165) is 26.9 Å². The van der Waals surface area contributed by atoms with Crippen molar-refractivity contribution in [2.24, 2.45) is 0 Å². The van der Waals surface area contributed by atoms with E-state index in [1.807, 2.05) is 54.6 Å². The van der Waals surface area contributed by atoms with Gasteiger partial charge < -0.3 is 5.32 Å². The number of amides is 1. The van der Waals surface area contributed by atoms with E-state index in [4.69, 9.17) is 11.6 Å². The molecule has 0 unspecified atom stereocenters. The second-order valence-electron chi connectivity index (χ2n) is 5.13. The van der Waals surface area contributed by atoms with Crippen LogP contribution in [0.2, 0.25) is 5.02 Å². The van der Waals surface area contributed by atoms with Crippen LogP contribution in [-0.2, 0) is 4.79 Å². The Morgan fingerprint density at radius 2 is 2.04 bits per heavy atom. The van der Waals surface area contributed by atoms with Crippen LogP contribution in [0.4, 0.5) is 5.69 Å². The normalized spacial score (nSPS) is 10.5. The Balaban J connectivity index is 1.54. The molecule has 0 atom stereocenters. The molecule has 24 heavy (non-hydrogen) atoms. The highest BCUT2D eigenvalue weighted by molar-refractivity contribution is 7.99. The molecule has 3 aromatic rings. The summed E-state index contributed by atoms with van der Waals surface area (Å²) in [6.45, 7) is 0. The van der Waals surface area contributed by atoms with Gasteiger partial charge >= 0.3 is 0 Å². The molecule has 4 nitrogen and oxygen atoms in total. The number of benzene rings is 2. The molecule has 0 aliphatic carbocycles. The van der Waals surface area contributed by atoms with E-state index in [1.165, 1.54) is 0 Å². The van der Waals surface area contributed by atoms with Gasteiger partial charge in [-0.15, -0.1) is 11.8 Å². The highest BCUT2D eigenvalue weighted by Gasteiger charge is 2.06. The molecule has 0 aliphatic rings. The van der Waals surface area contributed by atoms with Gasteiger partial charge in [-0.05, 0) is 30.3 Å². The van der Waals surface area contributed by atoms with Crippen LogP contribution in [0, 0.1) is 0 Å². The monoisotopic (exact) mass is 357 g/mol. The smallest absolute Gasteiger partial charge is 0.225 e. The minimum absolute atomic E-state index is 0.0173. The quantitative estimate of drug-likeness (QED) is 0.620. The molecule has 1 aromatic heterocycles. The second-order valence-corrected chi connectivity index (χ2v) is 6.67. The molecular weight excluding hydrogens is 342 g/mol. The third kappa shape index (κ3) is 4.40. The molecule has 2 aromatic carbocycles. The number of hydrogen-bond acceptors (Lipinski definition) is 3. The van der Waals surface area contributed by atoms with Crippen LogP contribution in [0.25, 0.3) is 11.3 Å². The molecule has 122 valence electrons. The van der Waals surface area contributed by atoms with Gasteiger partial charge in [-0.2, -0.15) is 5.10 Å². The topological polar surface area (TPSA) is 57.8 Å². The number of rotatable bonds is 6. The molecule has 0 saturated carbocycles. The first kappa shape index (κ1) is 16.6. The van der Waals surface area contributed by atoms with Crippen molar-refractivity contribution in [3.05, 3.63) is 65.8 Å². The lowest BCUT2D eigenvalue weighted by atomic mass is 10.1. The summed E-state index contributed by atoms with van der Waals surface area (Å²) < 4.78 is 0. The summed E-state index contributed by atoms with van der Waals surface area (Å²) in [5, 5.41) is 10.5. The molecule has 1 heterocycles. The van der Waals surface area contributed by atoms with E-state index in [1.54, 1.807) is 18.0 Å². The first-order valence-electron chi connectivity index (χ1n) is 7.49. The van der Waals surface area contributed by atoms with Gasteiger partial charge in [0.25, 0.3) is 0 Å². The molecule has 0 spiro atoms. The van der Waals surface area contributed by atoms with Crippen LogP contribution in [0.1, 0.15) is 6.42 Å². The number of aromatic nitrogens is 2.